The van der Waals surface area contributed by atoms with Gasteiger partial charge in [0.15, 0.2) is 0 Å². The lowest BCUT2D eigenvalue weighted by molar-refractivity contribution is -0.119. The van der Waals surface area contributed by atoms with Gasteiger partial charge in [0.2, 0.25) is 0 Å². The maximum Gasteiger partial charge on any atom is 0.272 e. The number of carbonyl (C=O) groups is 2. The number of hydrogen-bond donors (Lipinski definition) is 0. The lowest BCUT2D eigenvalue weighted by Crippen LogP contribution is -2.31. The molecule has 7 heteroatoms. The van der Waals surface area contributed by atoms with Gasteiger partial charge in [-0.2, -0.15) is 5.26 Å². The number of carbonyl (C=O) groups excluding carboxylic acids is 2. The van der Waals surface area contributed by atoms with Crippen LogP contribution in [-0.4, -0.2) is 18.4 Å². The van der Waals surface area contributed by atoms with E-state index < -0.39 is 11.8 Å². The molecule has 4 rings (SSSR count). The van der Waals surface area contributed by atoms with E-state index in [0.717, 1.165) is 4.90 Å². The Morgan fingerprint density at radius 3 is 2.36 bits per heavy atom. The Morgan fingerprint density at radius 1 is 1.03 bits per heavy atom. The predicted molar refractivity (Wildman–Crippen MR) is 127 cm³/mol. The summed E-state index contributed by atoms with van der Waals surface area (Å²) >= 11 is 1.27. The fourth-order valence-electron chi connectivity index (χ4n) is 3.34. The third-order valence-corrected chi connectivity index (χ3v) is 6.06. The molecule has 2 aromatic carbocycles. The summed E-state index contributed by atoms with van der Waals surface area (Å²) in [5.74, 6) is 1.44. The van der Waals surface area contributed by atoms with Crippen LogP contribution in [0.5, 0.6) is 5.75 Å². The molecule has 0 saturated carbocycles. The molecule has 3 aromatic rings. The van der Waals surface area contributed by atoms with E-state index in [9.17, 15) is 9.59 Å². The maximum absolute atomic E-state index is 13.5. The zero-order valence-corrected chi connectivity index (χ0v) is 19.1. The Bertz CT molecular complexity index is 1220. The van der Waals surface area contributed by atoms with Crippen LogP contribution < -0.4 is 9.64 Å². The van der Waals surface area contributed by atoms with E-state index in [0.29, 0.717) is 57.1 Å². The van der Waals surface area contributed by atoms with Crippen molar-refractivity contribution in [3.8, 4) is 11.8 Å². The average Bonchev–Trinajstić information content (AvgIpc) is 3.42. The molecule has 0 aliphatic carbocycles. The van der Waals surface area contributed by atoms with E-state index in [1.165, 1.54) is 11.8 Å². The number of nitriles is 1. The van der Waals surface area contributed by atoms with Crippen LogP contribution in [0, 0.1) is 17.2 Å². The summed E-state index contributed by atoms with van der Waals surface area (Å²) in [5, 5.41) is 9.05. The van der Waals surface area contributed by atoms with E-state index in [2.05, 4.69) is 13.8 Å². The number of amides is 2. The third kappa shape index (κ3) is 4.86. The summed E-state index contributed by atoms with van der Waals surface area (Å²) < 4.78 is 11.1. The van der Waals surface area contributed by atoms with Crippen molar-refractivity contribution >= 4 is 34.8 Å². The van der Waals surface area contributed by atoms with Crippen molar-refractivity contribution in [2.45, 2.75) is 19.6 Å². The number of hydrogen-bond acceptors (Lipinski definition) is 6. The van der Waals surface area contributed by atoms with Gasteiger partial charge in [-0.25, -0.2) is 4.90 Å². The van der Waals surface area contributed by atoms with Gasteiger partial charge in [-0.1, -0.05) is 26.0 Å². The van der Waals surface area contributed by atoms with Crippen molar-refractivity contribution in [3.05, 3.63) is 88.7 Å². The third-order valence-electron chi connectivity index (χ3n) is 4.96. The quantitative estimate of drug-likeness (QED) is 0.420. The number of nitrogens with zero attached hydrogens (tertiary/aromatic N) is 2. The number of ether oxygens (including phenoxy) is 1. The van der Waals surface area contributed by atoms with Crippen LogP contribution in [-0.2, 0) is 15.3 Å². The van der Waals surface area contributed by atoms with E-state index in [-0.39, 0.29) is 0 Å². The Balaban J connectivity index is 1.67. The fourth-order valence-corrected chi connectivity index (χ4v) is 4.35. The second-order valence-electron chi connectivity index (χ2n) is 7.91. The summed E-state index contributed by atoms with van der Waals surface area (Å²) in [5.41, 5.74) is 1.86. The van der Waals surface area contributed by atoms with Gasteiger partial charge < -0.3 is 9.15 Å². The summed E-state index contributed by atoms with van der Waals surface area (Å²) in [6.07, 6.45) is 1.58. The van der Waals surface area contributed by atoms with Crippen molar-refractivity contribution in [1.82, 2.24) is 0 Å². The normalized spacial score (nSPS) is 13.7. The van der Waals surface area contributed by atoms with Crippen molar-refractivity contribution < 1.29 is 18.7 Å². The van der Waals surface area contributed by atoms with Gasteiger partial charge in [0.05, 0.1) is 46.4 Å². The van der Waals surface area contributed by atoms with Crippen molar-refractivity contribution in [2.24, 2.45) is 5.92 Å². The number of imide groups is 1. The average molecular weight is 459 g/mol. The highest BCUT2D eigenvalue weighted by Crippen LogP contribution is 2.40. The molecule has 2 heterocycles. The lowest BCUT2D eigenvalue weighted by atomic mass is 10.1. The lowest BCUT2D eigenvalue weighted by Gasteiger charge is -2.15. The molecule has 166 valence electrons. The van der Waals surface area contributed by atoms with Crippen LogP contribution in [0.4, 0.5) is 5.69 Å². The van der Waals surface area contributed by atoms with E-state index >= 15 is 0 Å². The van der Waals surface area contributed by atoms with E-state index in [4.69, 9.17) is 14.4 Å². The zero-order chi connectivity index (χ0) is 23.4. The van der Waals surface area contributed by atoms with Crippen LogP contribution in [0.3, 0.4) is 0 Å². The van der Waals surface area contributed by atoms with E-state index in [1.807, 2.05) is 24.3 Å². The number of thioether (sulfide) groups is 1. The minimum Gasteiger partial charge on any atom is -0.493 e. The Hall–Kier alpha value is -3.76. The van der Waals surface area contributed by atoms with Gasteiger partial charge in [0.25, 0.3) is 11.8 Å². The summed E-state index contributed by atoms with van der Waals surface area (Å²) in [6.45, 7) is 4.74. The number of anilines is 1. The van der Waals surface area contributed by atoms with Crippen LogP contribution in [0.2, 0.25) is 0 Å². The molecular formula is C26H22N2O4S. The Morgan fingerprint density at radius 2 is 1.76 bits per heavy atom. The first kappa shape index (κ1) is 22.4. The predicted octanol–water partition coefficient (Wildman–Crippen LogP) is 5.40. The van der Waals surface area contributed by atoms with Crippen molar-refractivity contribution in [3.63, 3.8) is 0 Å². The van der Waals surface area contributed by atoms with Gasteiger partial charge in [-0.05, 0) is 60.0 Å². The standard InChI is InChI=1S/C26H22N2O4S/c1-17(2)15-32-21-11-7-19(8-12-21)23-24(33-16-22-4-3-13-31-22)26(30)28(25(23)29)20-9-5-18(14-27)6-10-20/h3-13,17H,15-16H2,1-2H3. The van der Waals surface area contributed by atoms with Crippen LogP contribution in [0.1, 0.15) is 30.7 Å². The number of furan rings is 1. The zero-order valence-electron chi connectivity index (χ0n) is 18.3. The highest BCUT2D eigenvalue weighted by atomic mass is 32.2. The summed E-state index contributed by atoms with van der Waals surface area (Å²) in [4.78, 5) is 28.3. The number of rotatable bonds is 8. The minimum atomic E-state index is -0.400. The van der Waals surface area contributed by atoms with E-state index in [1.54, 1.807) is 48.7 Å². The molecule has 0 atom stereocenters. The van der Waals surface area contributed by atoms with Crippen LogP contribution >= 0.6 is 11.8 Å². The molecule has 0 N–H and O–H groups in total. The molecule has 33 heavy (non-hydrogen) atoms. The summed E-state index contributed by atoms with van der Waals surface area (Å²) in [6, 6.07) is 19.3. The highest BCUT2D eigenvalue weighted by Gasteiger charge is 2.40. The molecule has 0 saturated heterocycles. The maximum atomic E-state index is 13.5. The fraction of sp³-hybridized carbons (Fsp3) is 0.192. The largest absolute Gasteiger partial charge is 0.493 e. The SMILES string of the molecule is CC(C)COc1ccc(C2=C(SCc3ccco3)C(=O)N(c3ccc(C#N)cc3)C2=O)cc1. The molecule has 1 aliphatic heterocycles. The molecule has 1 aromatic heterocycles. The highest BCUT2D eigenvalue weighted by molar-refractivity contribution is 8.03. The Labute approximate surface area is 196 Å². The molecule has 0 radical (unpaired) electrons. The molecule has 2 amide bonds. The van der Waals surface area contributed by atoms with Gasteiger partial charge in [0, 0.05) is 0 Å². The number of benzene rings is 2. The molecule has 6 nitrogen and oxygen atoms in total. The first-order chi connectivity index (χ1) is 16.0. The van der Waals surface area contributed by atoms with Gasteiger partial charge in [-0.3, -0.25) is 9.59 Å². The second kappa shape index (κ2) is 9.80. The van der Waals surface area contributed by atoms with Crippen LogP contribution in [0.15, 0.2) is 76.2 Å². The van der Waals surface area contributed by atoms with Gasteiger partial charge in [0.1, 0.15) is 11.5 Å². The monoisotopic (exact) mass is 458 g/mol. The molecule has 0 fully saturated rings. The minimum absolute atomic E-state index is 0.344. The first-order valence-electron chi connectivity index (χ1n) is 10.5. The van der Waals surface area contributed by atoms with Crippen LogP contribution in [0.25, 0.3) is 5.57 Å². The van der Waals surface area contributed by atoms with Crippen molar-refractivity contribution in [2.75, 3.05) is 11.5 Å². The second-order valence-corrected chi connectivity index (χ2v) is 8.89. The Kier molecular flexibility index (Phi) is 6.66. The molecule has 0 bridgehead atoms. The molecular weight excluding hydrogens is 436 g/mol. The topological polar surface area (TPSA) is 83.5 Å². The molecule has 0 spiro atoms. The first-order valence-corrected chi connectivity index (χ1v) is 11.5. The summed E-state index contributed by atoms with van der Waals surface area (Å²) in [7, 11) is 0. The van der Waals surface area contributed by atoms with Crippen molar-refractivity contribution in [1.29, 1.82) is 5.26 Å². The molecule has 1 aliphatic rings. The smallest absolute Gasteiger partial charge is 0.272 e. The molecule has 0 unspecified atom stereocenters. The van der Waals surface area contributed by atoms with Gasteiger partial charge in [-0.15, -0.1) is 11.8 Å². The van der Waals surface area contributed by atoms with Gasteiger partial charge >= 0.3 is 0 Å².